The fourth-order valence-corrected chi connectivity index (χ4v) is 2.83. The Balaban J connectivity index is 2.89. The number of carbonyl (C=O) groups excluding carboxylic acids is 1. The van der Waals surface area contributed by atoms with Gasteiger partial charge in [0.25, 0.3) is 0 Å². The van der Waals surface area contributed by atoms with E-state index < -0.39 is 5.97 Å². The largest absolute Gasteiger partial charge is 0.465 e. The van der Waals surface area contributed by atoms with Gasteiger partial charge in [-0.3, -0.25) is 0 Å². The van der Waals surface area contributed by atoms with E-state index in [0.29, 0.717) is 9.81 Å². The van der Waals surface area contributed by atoms with Crippen LogP contribution < -0.4 is 0 Å². The van der Waals surface area contributed by atoms with Crippen LogP contribution in [0.5, 0.6) is 0 Å². The quantitative estimate of drug-likeness (QED) is 0.600. The van der Waals surface area contributed by atoms with Crippen LogP contribution in [0.2, 0.25) is 0 Å². The summed E-state index contributed by atoms with van der Waals surface area (Å²) in [7, 11) is 1.32. The molecule has 1 heterocycles. The van der Waals surface area contributed by atoms with Crippen LogP contribution in [0.15, 0.2) is 9.81 Å². The van der Waals surface area contributed by atoms with Gasteiger partial charge in [0.15, 0.2) is 0 Å². The Morgan fingerprint density at radius 2 is 2.25 bits per heavy atom. The molecule has 0 spiro atoms. The maximum absolute atomic E-state index is 11.1. The summed E-state index contributed by atoms with van der Waals surface area (Å²) in [5.41, 5.74) is 0. The summed E-state index contributed by atoms with van der Waals surface area (Å²) in [5, 5.41) is 8.66. The molecule has 0 unspecified atom stereocenters. The molecule has 0 aromatic heterocycles. The minimum Gasteiger partial charge on any atom is -0.465 e. The highest BCUT2D eigenvalue weighted by atomic mass is 32.2. The molecule has 0 radical (unpaired) electrons. The van der Waals surface area contributed by atoms with Gasteiger partial charge in [0.1, 0.15) is 15.9 Å². The number of hydrogen-bond acceptors (Lipinski definition) is 5. The zero-order chi connectivity index (χ0) is 8.97. The number of hydrogen-bond donors (Lipinski definition) is 0. The number of nitriles is 1. The maximum atomic E-state index is 11.1. The topological polar surface area (TPSA) is 50.1 Å². The van der Waals surface area contributed by atoms with Crippen LogP contribution in [0.25, 0.3) is 0 Å². The van der Waals surface area contributed by atoms with E-state index in [1.54, 1.807) is 0 Å². The molecule has 0 saturated carbocycles. The average Bonchev–Trinajstić information content (AvgIpc) is 2.16. The standard InChI is InChI=1S/C7H7NO2S2/c1-10-7(9)6-5(4-8)11-2-3-12-6/h2-3H2,1H3. The molecule has 0 fully saturated rings. The van der Waals surface area contributed by atoms with Crippen LogP contribution in [-0.4, -0.2) is 24.6 Å². The Kier molecular flexibility index (Phi) is 3.50. The van der Waals surface area contributed by atoms with Crippen molar-refractivity contribution in [1.29, 1.82) is 5.26 Å². The first-order valence-corrected chi connectivity index (χ1v) is 5.25. The van der Waals surface area contributed by atoms with Crippen LogP contribution in [0.3, 0.4) is 0 Å². The molecular formula is C7H7NO2S2. The number of methoxy groups -OCH3 is 1. The van der Waals surface area contributed by atoms with Gasteiger partial charge in [-0.15, -0.1) is 23.5 Å². The zero-order valence-corrected chi connectivity index (χ0v) is 8.13. The first kappa shape index (κ1) is 9.49. The van der Waals surface area contributed by atoms with Gasteiger partial charge >= 0.3 is 5.97 Å². The van der Waals surface area contributed by atoms with Crippen molar-refractivity contribution in [2.75, 3.05) is 18.6 Å². The summed E-state index contributed by atoms with van der Waals surface area (Å²) in [5.74, 6) is 1.35. The average molecular weight is 201 g/mol. The second-order valence-electron chi connectivity index (χ2n) is 1.96. The molecular weight excluding hydrogens is 194 g/mol. The highest BCUT2D eigenvalue weighted by molar-refractivity contribution is 8.10. The van der Waals surface area contributed by atoms with E-state index in [1.807, 2.05) is 6.07 Å². The van der Waals surface area contributed by atoms with E-state index >= 15 is 0 Å². The first-order valence-electron chi connectivity index (χ1n) is 3.28. The van der Waals surface area contributed by atoms with E-state index in [1.165, 1.54) is 30.6 Å². The number of rotatable bonds is 1. The van der Waals surface area contributed by atoms with Crippen molar-refractivity contribution in [1.82, 2.24) is 0 Å². The van der Waals surface area contributed by atoms with Crippen molar-refractivity contribution in [2.45, 2.75) is 0 Å². The Hall–Kier alpha value is -0.600. The van der Waals surface area contributed by atoms with Crippen LogP contribution in [-0.2, 0) is 9.53 Å². The van der Waals surface area contributed by atoms with Crippen molar-refractivity contribution in [3.8, 4) is 6.07 Å². The lowest BCUT2D eigenvalue weighted by molar-refractivity contribution is -0.135. The molecule has 12 heavy (non-hydrogen) atoms. The predicted molar refractivity (Wildman–Crippen MR) is 49.6 cm³/mol. The summed E-state index contributed by atoms with van der Waals surface area (Å²) in [6.45, 7) is 0. The summed E-state index contributed by atoms with van der Waals surface area (Å²) in [6, 6.07) is 1.99. The van der Waals surface area contributed by atoms with Gasteiger partial charge < -0.3 is 4.74 Å². The molecule has 0 bridgehead atoms. The Labute approximate surface area is 79.1 Å². The van der Waals surface area contributed by atoms with Crippen LogP contribution >= 0.6 is 23.5 Å². The zero-order valence-electron chi connectivity index (χ0n) is 6.49. The maximum Gasteiger partial charge on any atom is 0.346 e. The lowest BCUT2D eigenvalue weighted by Gasteiger charge is -2.11. The van der Waals surface area contributed by atoms with E-state index in [2.05, 4.69) is 4.74 Å². The van der Waals surface area contributed by atoms with Crippen LogP contribution in [0.4, 0.5) is 0 Å². The minimum atomic E-state index is -0.399. The lowest BCUT2D eigenvalue weighted by Crippen LogP contribution is -2.08. The third-order valence-electron chi connectivity index (χ3n) is 1.25. The highest BCUT2D eigenvalue weighted by Crippen LogP contribution is 2.33. The molecule has 0 aromatic rings. The number of ether oxygens (including phenoxy) is 1. The molecule has 0 atom stereocenters. The molecule has 1 aliphatic heterocycles. The van der Waals surface area contributed by atoms with Crippen molar-refractivity contribution < 1.29 is 9.53 Å². The second-order valence-corrected chi connectivity index (χ2v) is 4.17. The van der Waals surface area contributed by atoms with Crippen molar-refractivity contribution in [3.63, 3.8) is 0 Å². The van der Waals surface area contributed by atoms with Gasteiger partial charge in [0.05, 0.1) is 7.11 Å². The number of esters is 1. The molecule has 0 aliphatic carbocycles. The monoisotopic (exact) mass is 201 g/mol. The number of carbonyl (C=O) groups is 1. The van der Waals surface area contributed by atoms with Gasteiger partial charge in [-0.1, -0.05) is 0 Å². The molecule has 0 aromatic carbocycles. The third kappa shape index (κ3) is 1.96. The van der Waals surface area contributed by atoms with E-state index in [-0.39, 0.29) is 0 Å². The lowest BCUT2D eigenvalue weighted by atomic mass is 10.5. The fraction of sp³-hybridized carbons (Fsp3) is 0.429. The van der Waals surface area contributed by atoms with Crippen molar-refractivity contribution >= 4 is 29.5 Å². The van der Waals surface area contributed by atoms with E-state index in [0.717, 1.165) is 11.5 Å². The van der Waals surface area contributed by atoms with Crippen molar-refractivity contribution in [2.24, 2.45) is 0 Å². The molecule has 0 saturated heterocycles. The Morgan fingerprint density at radius 1 is 1.58 bits per heavy atom. The Bertz CT molecular complexity index is 267. The molecule has 1 rings (SSSR count). The van der Waals surface area contributed by atoms with Crippen molar-refractivity contribution in [3.05, 3.63) is 9.81 Å². The number of allylic oxidation sites excluding steroid dienone is 1. The number of nitrogens with zero attached hydrogens (tertiary/aromatic N) is 1. The van der Waals surface area contributed by atoms with Gasteiger partial charge in [-0.2, -0.15) is 5.26 Å². The third-order valence-corrected chi connectivity index (χ3v) is 3.70. The Morgan fingerprint density at radius 3 is 2.83 bits per heavy atom. The summed E-state index contributed by atoms with van der Waals surface area (Å²) in [6.07, 6.45) is 0. The molecule has 0 N–H and O–H groups in total. The molecule has 1 aliphatic rings. The van der Waals surface area contributed by atoms with Gasteiger partial charge in [-0.25, -0.2) is 4.79 Å². The normalized spacial score (nSPS) is 17.0. The summed E-state index contributed by atoms with van der Waals surface area (Å²) >= 11 is 2.80. The molecule has 0 amide bonds. The smallest absolute Gasteiger partial charge is 0.346 e. The fourth-order valence-electron chi connectivity index (χ4n) is 0.746. The highest BCUT2D eigenvalue weighted by Gasteiger charge is 2.20. The van der Waals surface area contributed by atoms with Crippen LogP contribution in [0.1, 0.15) is 0 Å². The van der Waals surface area contributed by atoms with Gasteiger partial charge in [0.2, 0.25) is 0 Å². The minimum absolute atomic E-state index is 0.399. The van der Waals surface area contributed by atoms with Gasteiger partial charge in [-0.05, 0) is 0 Å². The number of thioether (sulfide) groups is 2. The summed E-state index contributed by atoms with van der Waals surface area (Å²) in [4.78, 5) is 12.0. The van der Waals surface area contributed by atoms with Gasteiger partial charge in [0, 0.05) is 11.5 Å². The van der Waals surface area contributed by atoms with Crippen LogP contribution in [0, 0.1) is 11.3 Å². The van der Waals surface area contributed by atoms with E-state index in [9.17, 15) is 4.79 Å². The molecule has 64 valence electrons. The summed E-state index contributed by atoms with van der Waals surface area (Å²) < 4.78 is 4.54. The van der Waals surface area contributed by atoms with E-state index in [4.69, 9.17) is 5.26 Å². The molecule has 3 nitrogen and oxygen atoms in total. The second kappa shape index (κ2) is 4.43. The SMILES string of the molecule is COC(=O)C1=C(C#N)SCCS1. The molecule has 5 heteroatoms. The predicted octanol–water partition coefficient (Wildman–Crippen LogP) is 1.37. The first-order chi connectivity index (χ1) is 5.79.